The van der Waals surface area contributed by atoms with Crippen LogP contribution in [0.25, 0.3) is 0 Å². The number of carbonyl (C=O) groups is 1. The summed E-state index contributed by atoms with van der Waals surface area (Å²) in [6.07, 6.45) is 0.938. The molecule has 1 atom stereocenters. The zero-order chi connectivity index (χ0) is 14.0. The van der Waals surface area contributed by atoms with Crippen LogP contribution in [0.1, 0.15) is 16.9 Å². The quantitative estimate of drug-likeness (QED) is 0.798. The second-order valence-electron chi connectivity index (χ2n) is 4.56. The summed E-state index contributed by atoms with van der Waals surface area (Å²) in [5.74, 6) is -1.07. The first-order valence-electron chi connectivity index (χ1n) is 5.75. The summed E-state index contributed by atoms with van der Waals surface area (Å²) in [6.45, 7) is 2.12. The zero-order valence-corrected chi connectivity index (χ0v) is 12.0. The lowest BCUT2D eigenvalue weighted by molar-refractivity contribution is 0.0687. The second-order valence-corrected chi connectivity index (χ2v) is 7.38. The van der Waals surface area contributed by atoms with Crippen LogP contribution in [-0.2, 0) is 10.0 Å². The predicted octanol–water partition coefficient (Wildman–Crippen LogP) is 0.0713. The smallest absolute Gasteiger partial charge is 0.356 e. The third-order valence-corrected chi connectivity index (χ3v) is 5.83. The minimum Gasteiger partial charge on any atom is -0.476 e. The van der Waals surface area contributed by atoms with Crippen LogP contribution >= 0.6 is 11.3 Å². The number of carboxylic acid groups (broad SMARTS) is 1. The Morgan fingerprint density at radius 3 is 3.00 bits per heavy atom. The van der Waals surface area contributed by atoms with Gasteiger partial charge in [0, 0.05) is 13.1 Å². The molecule has 0 aliphatic carbocycles. The van der Waals surface area contributed by atoms with Crippen LogP contribution in [0.2, 0.25) is 0 Å². The van der Waals surface area contributed by atoms with Crippen LogP contribution in [0.5, 0.6) is 0 Å². The summed E-state index contributed by atoms with van der Waals surface area (Å²) in [7, 11) is -1.80. The molecule has 1 aromatic heterocycles. The predicted molar refractivity (Wildman–Crippen MR) is 69.9 cm³/mol. The molecular formula is C10H15N3O4S2. The number of carboxylic acids is 1. The van der Waals surface area contributed by atoms with E-state index in [0.717, 1.165) is 30.8 Å². The lowest BCUT2D eigenvalue weighted by Gasteiger charge is -2.11. The normalized spacial score (nSPS) is 20.8. The molecule has 1 aliphatic heterocycles. The molecule has 0 bridgehead atoms. The SMILES string of the molecule is CN1CCC(CNS(=O)(=O)c2scnc2C(=O)O)C1. The highest BCUT2D eigenvalue weighted by molar-refractivity contribution is 7.91. The molecule has 9 heteroatoms. The Labute approximate surface area is 115 Å². The van der Waals surface area contributed by atoms with Crippen molar-refractivity contribution in [2.24, 2.45) is 5.92 Å². The Morgan fingerprint density at radius 1 is 1.68 bits per heavy atom. The number of aromatic nitrogens is 1. The van der Waals surface area contributed by atoms with Gasteiger partial charge in [-0.15, -0.1) is 11.3 Å². The average molecular weight is 305 g/mol. The molecule has 1 aliphatic rings. The molecule has 0 amide bonds. The topological polar surface area (TPSA) is 99.6 Å². The van der Waals surface area contributed by atoms with Crippen molar-refractivity contribution in [3.63, 3.8) is 0 Å². The molecular weight excluding hydrogens is 290 g/mol. The molecule has 1 fully saturated rings. The highest BCUT2D eigenvalue weighted by Gasteiger charge is 2.27. The van der Waals surface area contributed by atoms with Crippen LogP contribution in [0, 0.1) is 5.92 Å². The maximum atomic E-state index is 12.0. The van der Waals surface area contributed by atoms with Gasteiger partial charge in [-0.2, -0.15) is 0 Å². The molecule has 0 saturated carbocycles. The largest absolute Gasteiger partial charge is 0.476 e. The van der Waals surface area contributed by atoms with E-state index in [1.807, 2.05) is 7.05 Å². The number of nitrogens with one attached hydrogen (secondary N) is 1. The number of nitrogens with zero attached hydrogens (tertiary/aromatic N) is 2. The summed E-state index contributed by atoms with van der Waals surface area (Å²) < 4.78 is 26.3. The number of hydrogen-bond donors (Lipinski definition) is 2. The molecule has 2 rings (SSSR count). The summed E-state index contributed by atoms with van der Waals surface area (Å²) in [6, 6.07) is 0. The Kier molecular flexibility index (Phi) is 4.19. The lowest BCUT2D eigenvalue weighted by atomic mass is 10.1. The molecule has 19 heavy (non-hydrogen) atoms. The van der Waals surface area contributed by atoms with E-state index in [1.165, 1.54) is 5.51 Å². The Morgan fingerprint density at radius 2 is 2.42 bits per heavy atom. The molecule has 106 valence electrons. The van der Waals surface area contributed by atoms with E-state index in [1.54, 1.807) is 0 Å². The third kappa shape index (κ3) is 3.30. The van der Waals surface area contributed by atoms with Gasteiger partial charge in [0.25, 0.3) is 10.0 Å². The van der Waals surface area contributed by atoms with Gasteiger partial charge in [-0.25, -0.2) is 22.9 Å². The third-order valence-electron chi connectivity index (χ3n) is 3.03. The maximum absolute atomic E-state index is 12.0. The highest BCUT2D eigenvalue weighted by Crippen LogP contribution is 2.21. The first-order valence-corrected chi connectivity index (χ1v) is 8.11. The molecule has 0 aromatic carbocycles. The van der Waals surface area contributed by atoms with E-state index < -0.39 is 21.7 Å². The first-order chi connectivity index (χ1) is 8.90. The van der Waals surface area contributed by atoms with E-state index in [9.17, 15) is 13.2 Å². The van der Waals surface area contributed by atoms with Crippen molar-refractivity contribution < 1.29 is 18.3 Å². The Bertz CT molecular complexity index is 569. The monoisotopic (exact) mass is 305 g/mol. The van der Waals surface area contributed by atoms with Crippen LogP contribution in [0.15, 0.2) is 9.72 Å². The van der Waals surface area contributed by atoms with E-state index in [4.69, 9.17) is 5.11 Å². The Balaban J connectivity index is 2.06. The fourth-order valence-corrected chi connectivity index (χ4v) is 4.35. The van der Waals surface area contributed by atoms with Crippen molar-refractivity contribution in [3.8, 4) is 0 Å². The molecule has 1 saturated heterocycles. The number of likely N-dealkylation sites (tertiary alicyclic amines) is 1. The molecule has 0 radical (unpaired) electrons. The number of sulfonamides is 1. The van der Waals surface area contributed by atoms with Crippen molar-refractivity contribution in [1.82, 2.24) is 14.6 Å². The molecule has 1 unspecified atom stereocenters. The fourth-order valence-electron chi connectivity index (χ4n) is 2.05. The number of rotatable bonds is 5. The van der Waals surface area contributed by atoms with Crippen LogP contribution in [-0.4, -0.2) is 56.1 Å². The minimum absolute atomic E-state index is 0.230. The van der Waals surface area contributed by atoms with E-state index >= 15 is 0 Å². The van der Waals surface area contributed by atoms with Gasteiger partial charge < -0.3 is 10.0 Å². The van der Waals surface area contributed by atoms with E-state index in [2.05, 4.69) is 14.6 Å². The number of thiazole rings is 1. The van der Waals surface area contributed by atoms with Gasteiger partial charge in [-0.3, -0.25) is 0 Å². The van der Waals surface area contributed by atoms with Gasteiger partial charge in [0.1, 0.15) is 0 Å². The zero-order valence-electron chi connectivity index (χ0n) is 10.4. The van der Waals surface area contributed by atoms with E-state index in [-0.39, 0.29) is 10.1 Å². The van der Waals surface area contributed by atoms with Gasteiger partial charge in [0.15, 0.2) is 9.90 Å². The summed E-state index contributed by atoms with van der Waals surface area (Å²) >= 11 is 0.815. The van der Waals surface area contributed by atoms with Gasteiger partial charge in [0.2, 0.25) is 0 Å². The van der Waals surface area contributed by atoms with Gasteiger partial charge in [-0.05, 0) is 25.9 Å². The summed E-state index contributed by atoms with van der Waals surface area (Å²) in [5, 5.41) is 8.88. The van der Waals surface area contributed by atoms with E-state index in [0.29, 0.717) is 6.54 Å². The second kappa shape index (κ2) is 5.53. The van der Waals surface area contributed by atoms with Gasteiger partial charge in [0.05, 0.1) is 5.51 Å². The average Bonchev–Trinajstić information content (AvgIpc) is 2.94. The lowest BCUT2D eigenvalue weighted by Crippen LogP contribution is -2.31. The van der Waals surface area contributed by atoms with Crippen molar-refractivity contribution in [2.45, 2.75) is 10.6 Å². The molecule has 2 N–H and O–H groups in total. The molecule has 0 spiro atoms. The van der Waals surface area contributed by atoms with Crippen molar-refractivity contribution in [2.75, 3.05) is 26.7 Å². The van der Waals surface area contributed by atoms with Crippen molar-refractivity contribution in [3.05, 3.63) is 11.2 Å². The number of aromatic carboxylic acids is 1. The first kappa shape index (κ1) is 14.4. The summed E-state index contributed by atoms with van der Waals surface area (Å²) in [5.41, 5.74) is 0.808. The van der Waals surface area contributed by atoms with Gasteiger partial charge in [-0.1, -0.05) is 0 Å². The molecule has 7 nitrogen and oxygen atoms in total. The fraction of sp³-hybridized carbons (Fsp3) is 0.600. The van der Waals surface area contributed by atoms with Crippen molar-refractivity contribution in [1.29, 1.82) is 0 Å². The van der Waals surface area contributed by atoms with Gasteiger partial charge >= 0.3 is 5.97 Å². The minimum atomic E-state index is -3.79. The maximum Gasteiger partial charge on any atom is 0.356 e. The Hall–Kier alpha value is -1.03. The van der Waals surface area contributed by atoms with Crippen LogP contribution in [0.3, 0.4) is 0 Å². The molecule has 2 heterocycles. The standard InChI is InChI=1S/C10H15N3O4S2/c1-13-3-2-7(5-13)4-12-19(16,17)10-8(9(14)15)11-6-18-10/h6-7,12H,2-5H2,1H3,(H,14,15). The molecule has 1 aromatic rings. The van der Waals surface area contributed by atoms with Crippen LogP contribution in [0.4, 0.5) is 0 Å². The number of hydrogen-bond acceptors (Lipinski definition) is 6. The van der Waals surface area contributed by atoms with Crippen LogP contribution < -0.4 is 4.72 Å². The highest BCUT2D eigenvalue weighted by atomic mass is 32.2. The van der Waals surface area contributed by atoms with Crippen molar-refractivity contribution >= 4 is 27.3 Å². The summed E-state index contributed by atoms with van der Waals surface area (Å²) in [4.78, 5) is 16.6.